The molecule has 2 aromatic rings. The van der Waals surface area contributed by atoms with Crippen LogP contribution in [0.2, 0.25) is 0 Å². The molecule has 0 radical (unpaired) electrons. The minimum absolute atomic E-state index is 0.0826. The first-order chi connectivity index (χ1) is 17.0. The molecule has 1 aromatic carbocycles. The monoisotopic (exact) mass is 491 g/mol. The van der Waals surface area contributed by atoms with Gasteiger partial charge in [-0.2, -0.15) is 0 Å². The Labute approximate surface area is 209 Å². The van der Waals surface area contributed by atoms with Crippen LogP contribution >= 0.6 is 11.3 Å². The number of nitrogens with zero attached hydrogens (tertiary/aromatic N) is 1. The van der Waals surface area contributed by atoms with Gasteiger partial charge in [-0.3, -0.25) is 9.79 Å². The number of carbonyl (C=O) groups is 3. The third kappa shape index (κ3) is 4.61. The number of Topliss-reactive ketones (excluding diaryl/α,β-unsaturated/α-hetero) is 1. The predicted molar refractivity (Wildman–Crippen MR) is 134 cm³/mol. The lowest BCUT2D eigenvalue weighted by Gasteiger charge is -2.38. The molecule has 0 N–H and O–H groups in total. The molecule has 0 bridgehead atoms. The van der Waals surface area contributed by atoms with Crippen LogP contribution < -0.4 is 0 Å². The van der Waals surface area contributed by atoms with Gasteiger partial charge in [0.15, 0.2) is 0 Å². The van der Waals surface area contributed by atoms with Crippen molar-refractivity contribution in [1.82, 2.24) is 0 Å². The van der Waals surface area contributed by atoms with Crippen LogP contribution in [0.1, 0.15) is 78.1 Å². The lowest BCUT2D eigenvalue weighted by Crippen LogP contribution is -2.41. The Kier molecular flexibility index (Phi) is 6.69. The second-order valence-electron chi connectivity index (χ2n) is 9.57. The van der Waals surface area contributed by atoms with Gasteiger partial charge < -0.3 is 9.47 Å². The molecule has 6 nitrogen and oxygen atoms in total. The Balaban J connectivity index is 1.54. The van der Waals surface area contributed by atoms with E-state index in [4.69, 9.17) is 14.5 Å². The fraction of sp³-hybridized carbons (Fsp3) is 0.429. The van der Waals surface area contributed by atoms with E-state index in [1.54, 1.807) is 23.5 Å². The summed E-state index contributed by atoms with van der Waals surface area (Å²) in [6.07, 6.45) is 4.89. The van der Waals surface area contributed by atoms with Crippen LogP contribution in [0.5, 0.6) is 0 Å². The first-order valence-corrected chi connectivity index (χ1v) is 13.1. The zero-order valence-electron chi connectivity index (χ0n) is 20.0. The zero-order valence-corrected chi connectivity index (χ0v) is 20.8. The van der Waals surface area contributed by atoms with Crippen molar-refractivity contribution in [3.05, 3.63) is 69.1 Å². The number of thiophene rings is 1. The lowest BCUT2D eigenvalue weighted by molar-refractivity contribution is -0.144. The van der Waals surface area contributed by atoms with E-state index in [0.29, 0.717) is 29.7 Å². The molecular weight excluding hydrogens is 462 g/mol. The second-order valence-corrected chi connectivity index (χ2v) is 10.5. The fourth-order valence-corrected chi connectivity index (χ4v) is 6.52. The Bertz CT molecular complexity index is 1190. The number of hydrogen-bond acceptors (Lipinski definition) is 7. The van der Waals surface area contributed by atoms with Gasteiger partial charge in [-0.25, -0.2) is 9.59 Å². The van der Waals surface area contributed by atoms with Crippen molar-refractivity contribution in [2.45, 2.75) is 63.4 Å². The summed E-state index contributed by atoms with van der Waals surface area (Å²) < 4.78 is 10.7. The fourth-order valence-electron chi connectivity index (χ4n) is 5.69. The van der Waals surface area contributed by atoms with E-state index in [0.717, 1.165) is 37.0 Å². The quantitative estimate of drug-likeness (QED) is 0.509. The van der Waals surface area contributed by atoms with Crippen LogP contribution in [0.15, 0.2) is 58.0 Å². The van der Waals surface area contributed by atoms with E-state index < -0.39 is 17.8 Å². The van der Waals surface area contributed by atoms with Crippen molar-refractivity contribution < 1.29 is 23.9 Å². The van der Waals surface area contributed by atoms with Gasteiger partial charge in [0, 0.05) is 34.5 Å². The summed E-state index contributed by atoms with van der Waals surface area (Å²) in [5, 5.41) is 2.03. The molecule has 3 aliphatic rings. The largest absolute Gasteiger partial charge is 0.465 e. The number of hydrogen-bond donors (Lipinski definition) is 0. The van der Waals surface area contributed by atoms with Crippen molar-refractivity contribution in [2.75, 3.05) is 7.11 Å². The van der Waals surface area contributed by atoms with Crippen molar-refractivity contribution in [1.29, 1.82) is 0 Å². The molecule has 0 unspecified atom stereocenters. The summed E-state index contributed by atoms with van der Waals surface area (Å²) in [6, 6.07) is 11.1. The highest BCUT2D eigenvalue weighted by atomic mass is 32.1. The van der Waals surface area contributed by atoms with Crippen molar-refractivity contribution in [2.24, 2.45) is 10.9 Å². The maximum atomic E-state index is 13.6. The molecule has 182 valence electrons. The summed E-state index contributed by atoms with van der Waals surface area (Å²) in [5.74, 6) is -1.60. The van der Waals surface area contributed by atoms with E-state index in [1.165, 1.54) is 12.0 Å². The Morgan fingerprint density at radius 2 is 1.74 bits per heavy atom. The van der Waals surface area contributed by atoms with Crippen LogP contribution in [0.3, 0.4) is 0 Å². The van der Waals surface area contributed by atoms with Gasteiger partial charge >= 0.3 is 11.9 Å². The zero-order chi connectivity index (χ0) is 24.5. The average molecular weight is 492 g/mol. The summed E-state index contributed by atoms with van der Waals surface area (Å²) in [6.45, 7) is 1.84. The lowest BCUT2D eigenvalue weighted by atomic mass is 9.67. The number of benzene rings is 1. The molecule has 5 rings (SSSR count). The topological polar surface area (TPSA) is 82.0 Å². The first kappa shape index (κ1) is 23.7. The number of methoxy groups -OCH3 is 1. The highest BCUT2D eigenvalue weighted by Crippen LogP contribution is 2.46. The van der Waals surface area contributed by atoms with E-state index in [9.17, 15) is 14.4 Å². The Morgan fingerprint density at radius 1 is 1.00 bits per heavy atom. The summed E-state index contributed by atoms with van der Waals surface area (Å²) in [4.78, 5) is 45.1. The van der Waals surface area contributed by atoms with E-state index >= 15 is 0 Å². The van der Waals surface area contributed by atoms with Crippen molar-refractivity contribution in [3.8, 4) is 0 Å². The van der Waals surface area contributed by atoms with Gasteiger partial charge in [0.2, 0.25) is 0 Å². The maximum absolute atomic E-state index is 13.6. The molecule has 2 fully saturated rings. The van der Waals surface area contributed by atoms with E-state index in [1.807, 2.05) is 30.5 Å². The Morgan fingerprint density at radius 3 is 2.40 bits per heavy atom. The molecule has 1 aromatic heterocycles. The number of fused-ring (bicyclic) bond motifs is 1. The highest BCUT2D eigenvalue weighted by molar-refractivity contribution is 7.10. The molecule has 0 amide bonds. The van der Waals surface area contributed by atoms with Crippen LogP contribution in [0.25, 0.3) is 0 Å². The maximum Gasteiger partial charge on any atom is 0.337 e. The number of ether oxygens (including phenoxy) is 2. The van der Waals surface area contributed by atoms with E-state index in [2.05, 4.69) is 6.07 Å². The summed E-state index contributed by atoms with van der Waals surface area (Å²) >= 11 is 1.66. The number of allylic oxidation sites excluding steroid dienone is 1. The number of ketones is 1. The number of rotatable bonds is 5. The molecule has 2 aliphatic carbocycles. The van der Waals surface area contributed by atoms with E-state index in [-0.39, 0.29) is 23.8 Å². The molecule has 7 heteroatoms. The van der Waals surface area contributed by atoms with Gasteiger partial charge in [0.25, 0.3) is 0 Å². The normalized spacial score (nSPS) is 24.7. The minimum atomic E-state index is -0.509. The number of aliphatic imine (C=N–C) groups is 1. The predicted octanol–water partition coefficient (Wildman–Crippen LogP) is 5.60. The second kappa shape index (κ2) is 9.90. The Hall–Kier alpha value is -3.06. The van der Waals surface area contributed by atoms with Gasteiger partial charge in [0.05, 0.1) is 24.2 Å². The van der Waals surface area contributed by atoms with Gasteiger partial charge in [-0.15, -0.1) is 11.3 Å². The summed E-state index contributed by atoms with van der Waals surface area (Å²) in [7, 11) is 1.34. The van der Waals surface area contributed by atoms with Crippen LogP contribution in [-0.2, 0) is 19.1 Å². The number of esters is 2. The summed E-state index contributed by atoms with van der Waals surface area (Å²) in [5.41, 5.74) is 3.12. The first-order valence-electron chi connectivity index (χ1n) is 12.2. The van der Waals surface area contributed by atoms with Gasteiger partial charge in [0.1, 0.15) is 11.9 Å². The molecule has 3 atom stereocenters. The SMILES string of the molecule is COC(=O)c1ccc([C@@H]2C(C(=O)OC3CCCC3)=C(C)N=C3C[C@H](c4cccs4)CC(=O)[C@H]32)cc1. The van der Waals surface area contributed by atoms with Gasteiger partial charge in [-0.05, 0) is 68.2 Å². The molecule has 0 saturated heterocycles. The van der Waals surface area contributed by atoms with Crippen molar-refractivity contribution >= 4 is 34.8 Å². The minimum Gasteiger partial charge on any atom is -0.465 e. The molecule has 2 heterocycles. The van der Waals surface area contributed by atoms with Crippen LogP contribution in [0, 0.1) is 5.92 Å². The third-order valence-corrected chi connectivity index (χ3v) is 8.42. The van der Waals surface area contributed by atoms with Gasteiger partial charge in [-0.1, -0.05) is 18.2 Å². The number of carbonyl (C=O) groups excluding carboxylic acids is 3. The molecule has 35 heavy (non-hydrogen) atoms. The standard InChI is InChI=1S/C28H29NO5S/c1-16-24(28(32)34-20-6-3-4-7-20)25(17-9-11-18(12-10-17)27(31)33-2)26-21(29-16)14-19(15-22(26)30)23-8-5-13-35-23/h5,8-13,19-20,25-26H,3-4,6-7,14-15H2,1-2H3/t19-,25+,26-/m0/s1. The van der Waals surface area contributed by atoms with Crippen LogP contribution in [0.4, 0.5) is 0 Å². The molecular formula is C28H29NO5S. The molecule has 2 saturated carbocycles. The smallest absolute Gasteiger partial charge is 0.337 e. The third-order valence-electron chi connectivity index (χ3n) is 7.39. The molecule has 0 spiro atoms. The van der Waals surface area contributed by atoms with Crippen molar-refractivity contribution in [3.63, 3.8) is 0 Å². The highest BCUT2D eigenvalue weighted by Gasteiger charge is 2.46. The van der Waals surface area contributed by atoms with Crippen LogP contribution in [-0.4, -0.2) is 36.6 Å². The average Bonchev–Trinajstić information content (AvgIpc) is 3.57. The molecule has 1 aliphatic heterocycles.